The van der Waals surface area contributed by atoms with Gasteiger partial charge in [0, 0.05) is 13.5 Å². The highest BCUT2D eigenvalue weighted by Crippen LogP contribution is 2.26. The van der Waals surface area contributed by atoms with E-state index in [0.29, 0.717) is 4.90 Å². The first-order chi connectivity index (χ1) is 7.90. The smallest absolute Gasteiger partial charge is 0.253 e. The lowest BCUT2D eigenvalue weighted by Crippen LogP contribution is -2.31. The van der Waals surface area contributed by atoms with Gasteiger partial charge >= 0.3 is 0 Å². The molecule has 0 radical (unpaired) electrons. The zero-order valence-electron chi connectivity index (χ0n) is 8.81. The van der Waals surface area contributed by atoms with Gasteiger partial charge in [0.05, 0.1) is 0 Å². The van der Waals surface area contributed by atoms with E-state index >= 15 is 0 Å². The summed E-state index contributed by atoms with van der Waals surface area (Å²) in [5.74, 6) is -7.85. The quantitative estimate of drug-likeness (QED) is 0.466. The minimum absolute atomic E-state index is 0.286. The molecule has 1 amide bonds. The summed E-state index contributed by atoms with van der Waals surface area (Å²) in [5, 5.41) is 0. The second-order valence-electron chi connectivity index (χ2n) is 3.09. The number of carbonyl (C=O) groups excluding carboxylic acids is 1. The van der Waals surface area contributed by atoms with Crippen LogP contribution >= 0.6 is 0 Å². The molecule has 0 aliphatic rings. The van der Waals surface area contributed by atoms with Gasteiger partial charge in [-0.2, -0.15) is 22.5 Å². The summed E-state index contributed by atoms with van der Waals surface area (Å²) in [7, 11) is 0. The van der Waals surface area contributed by atoms with Crippen molar-refractivity contribution in [2.45, 2.75) is 6.92 Å². The Hall–Kier alpha value is -1.92. The van der Waals surface area contributed by atoms with Crippen molar-refractivity contribution in [3.05, 3.63) is 36.2 Å². The van der Waals surface area contributed by atoms with Crippen LogP contribution in [0, 0.1) is 23.5 Å². The van der Waals surface area contributed by atoms with Gasteiger partial charge in [0.2, 0.25) is 17.5 Å². The van der Waals surface area contributed by atoms with Crippen molar-refractivity contribution in [1.82, 2.24) is 4.98 Å². The standard InChI is InChI=1S/C10H8F4N2O/c1-3-4-16(5(2)17)8-6(11)9(13)15-10(14)7(8)12/h3H,1,4H2,2H3. The highest BCUT2D eigenvalue weighted by molar-refractivity contribution is 5.91. The molecule has 1 rings (SSSR count). The Morgan fingerprint density at radius 2 is 1.76 bits per heavy atom. The molecule has 17 heavy (non-hydrogen) atoms. The molecule has 0 fully saturated rings. The predicted molar refractivity (Wildman–Crippen MR) is 52.3 cm³/mol. The molecule has 1 aromatic heterocycles. The molecule has 1 heterocycles. The van der Waals surface area contributed by atoms with Gasteiger partial charge in [-0.15, -0.1) is 6.58 Å². The first-order valence-electron chi connectivity index (χ1n) is 4.49. The second kappa shape index (κ2) is 4.94. The minimum atomic E-state index is -1.81. The molecule has 0 aliphatic carbocycles. The Kier molecular flexibility index (Phi) is 3.82. The predicted octanol–water partition coefficient (Wildman–Crippen LogP) is 2.18. The molecule has 0 aromatic carbocycles. The van der Waals surface area contributed by atoms with Crippen LogP contribution in [0.15, 0.2) is 12.7 Å². The van der Waals surface area contributed by atoms with Crippen LogP contribution in [-0.4, -0.2) is 17.4 Å². The summed E-state index contributed by atoms with van der Waals surface area (Å²) < 4.78 is 52.3. The molecule has 0 saturated carbocycles. The van der Waals surface area contributed by atoms with E-state index in [9.17, 15) is 22.4 Å². The second-order valence-corrected chi connectivity index (χ2v) is 3.09. The summed E-state index contributed by atoms with van der Waals surface area (Å²) >= 11 is 0. The Morgan fingerprint density at radius 3 is 2.12 bits per heavy atom. The van der Waals surface area contributed by atoms with Crippen LogP contribution < -0.4 is 4.90 Å². The SMILES string of the molecule is C=CCN(C(C)=O)c1c(F)c(F)nc(F)c1F. The van der Waals surface area contributed by atoms with Gasteiger partial charge in [0.15, 0.2) is 0 Å². The molecule has 1 aromatic rings. The van der Waals surface area contributed by atoms with Gasteiger partial charge in [-0.1, -0.05) is 6.08 Å². The van der Waals surface area contributed by atoms with Crippen LogP contribution in [0.1, 0.15) is 6.92 Å². The van der Waals surface area contributed by atoms with E-state index in [1.807, 2.05) is 0 Å². The number of hydrogen-bond acceptors (Lipinski definition) is 2. The Labute approximate surface area is 94.4 Å². The Balaban J connectivity index is 3.46. The molecular formula is C10H8F4N2O. The van der Waals surface area contributed by atoms with Crippen LogP contribution in [0.3, 0.4) is 0 Å². The molecule has 0 aliphatic heterocycles. The fourth-order valence-corrected chi connectivity index (χ4v) is 1.22. The van der Waals surface area contributed by atoms with Gasteiger partial charge < -0.3 is 4.90 Å². The van der Waals surface area contributed by atoms with Gasteiger partial charge in [0.25, 0.3) is 11.9 Å². The highest BCUT2D eigenvalue weighted by atomic mass is 19.2. The molecule has 0 atom stereocenters. The third-order valence-electron chi connectivity index (χ3n) is 1.94. The maximum absolute atomic E-state index is 13.3. The molecule has 92 valence electrons. The van der Waals surface area contributed by atoms with E-state index in [2.05, 4.69) is 11.6 Å². The van der Waals surface area contributed by atoms with Crippen molar-refractivity contribution in [1.29, 1.82) is 0 Å². The van der Waals surface area contributed by atoms with E-state index in [0.717, 1.165) is 13.0 Å². The van der Waals surface area contributed by atoms with E-state index in [4.69, 9.17) is 0 Å². The van der Waals surface area contributed by atoms with Gasteiger partial charge in [0.1, 0.15) is 5.69 Å². The number of pyridine rings is 1. The van der Waals surface area contributed by atoms with Gasteiger partial charge in [-0.25, -0.2) is 0 Å². The average Bonchev–Trinajstić information content (AvgIpc) is 2.25. The van der Waals surface area contributed by atoms with Gasteiger partial charge in [-0.05, 0) is 0 Å². The molecule has 0 spiro atoms. The van der Waals surface area contributed by atoms with Crippen molar-refractivity contribution in [3.63, 3.8) is 0 Å². The first kappa shape index (κ1) is 13.1. The van der Waals surface area contributed by atoms with Crippen molar-refractivity contribution in [3.8, 4) is 0 Å². The third kappa shape index (κ3) is 2.43. The molecule has 0 saturated heterocycles. The zero-order valence-corrected chi connectivity index (χ0v) is 8.81. The average molecular weight is 248 g/mol. The van der Waals surface area contributed by atoms with Crippen LogP contribution in [0.2, 0.25) is 0 Å². The van der Waals surface area contributed by atoms with Crippen LogP contribution in [-0.2, 0) is 4.79 Å². The number of aromatic nitrogens is 1. The van der Waals surface area contributed by atoms with Crippen molar-refractivity contribution < 1.29 is 22.4 Å². The Morgan fingerprint density at radius 1 is 1.29 bits per heavy atom. The first-order valence-corrected chi connectivity index (χ1v) is 4.49. The summed E-state index contributed by atoms with van der Waals surface area (Å²) in [5.41, 5.74) is -1.11. The molecule has 0 N–H and O–H groups in total. The third-order valence-corrected chi connectivity index (χ3v) is 1.94. The number of amides is 1. The summed E-state index contributed by atoms with van der Waals surface area (Å²) in [6.07, 6.45) is 1.16. The number of rotatable bonds is 3. The maximum Gasteiger partial charge on any atom is 0.253 e. The summed E-state index contributed by atoms with van der Waals surface area (Å²) in [6, 6.07) is 0. The van der Waals surface area contributed by atoms with E-state index in [1.54, 1.807) is 0 Å². The highest BCUT2D eigenvalue weighted by Gasteiger charge is 2.26. The molecule has 0 bridgehead atoms. The fourth-order valence-electron chi connectivity index (χ4n) is 1.22. The lowest BCUT2D eigenvalue weighted by molar-refractivity contribution is -0.116. The van der Waals surface area contributed by atoms with Crippen LogP contribution in [0.25, 0.3) is 0 Å². The summed E-state index contributed by atoms with van der Waals surface area (Å²) in [4.78, 5) is 14.0. The molecule has 0 unspecified atom stereocenters. The number of hydrogen-bond donors (Lipinski definition) is 0. The zero-order chi connectivity index (χ0) is 13.2. The normalized spacial score (nSPS) is 10.2. The molecule has 7 heteroatoms. The lowest BCUT2D eigenvalue weighted by atomic mass is 10.3. The number of carbonyl (C=O) groups is 1. The van der Waals surface area contributed by atoms with Crippen LogP contribution in [0.5, 0.6) is 0 Å². The molecule has 3 nitrogen and oxygen atoms in total. The van der Waals surface area contributed by atoms with Gasteiger partial charge in [-0.3, -0.25) is 4.79 Å². The van der Waals surface area contributed by atoms with Crippen molar-refractivity contribution in [2.75, 3.05) is 11.4 Å². The topological polar surface area (TPSA) is 33.2 Å². The molecular weight excluding hydrogens is 240 g/mol. The number of halogens is 4. The summed E-state index contributed by atoms with van der Waals surface area (Å²) in [6.45, 7) is 3.98. The van der Waals surface area contributed by atoms with Crippen LogP contribution in [0.4, 0.5) is 23.2 Å². The maximum atomic E-state index is 13.3. The number of anilines is 1. The fraction of sp³-hybridized carbons (Fsp3) is 0.200. The monoisotopic (exact) mass is 248 g/mol. The minimum Gasteiger partial charge on any atom is -0.303 e. The largest absolute Gasteiger partial charge is 0.303 e. The van der Waals surface area contributed by atoms with E-state index in [-0.39, 0.29) is 6.54 Å². The Bertz CT molecular complexity index is 450. The van der Waals surface area contributed by atoms with Crippen molar-refractivity contribution in [2.24, 2.45) is 0 Å². The van der Waals surface area contributed by atoms with E-state index < -0.39 is 35.1 Å². The van der Waals surface area contributed by atoms with E-state index in [1.165, 1.54) is 0 Å². The number of nitrogens with zero attached hydrogens (tertiary/aromatic N) is 2. The lowest BCUT2D eigenvalue weighted by Gasteiger charge is -2.20. The van der Waals surface area contributed by atoms with Crippen molar-refractivity contribution >= 4 is 11.6 Å².